The van der Waals surface area contributed by atoms with Crippen molar-refractivity contribution >= 4 is 44.9 Å². The number of piperazine rings is 1. The van der Waals surface area contributed by atoms with Crippen molar-refractivity contribution in [3.8, 4) is 11.4 Å². The predicted molar refractivity (Wildman–Crippen MR) is 139 cm³/mol. The van der Waals surface area contributed by atoms with E-state index in [4.69, 9.17) is 16.6 Å². The van der Waals surface area contributed by atoms with Gasteiger partial charge in [0, 0.05) is 54.9 Å². The fourth-order valence-electron chi connectivity index (χ4n) is 5.00. The van der Waals surface area contributed by atoms with Crippen LogP contribution in [0.3, 0.4) is 0 Å². The van der Waals surface area contributed by atoms with E-state index in [-0.39, 0.29) is 11.6 Å². The van der Waals surface area contributed by atoms with Crippen LogP contribution in [0.4, 0.5) is 11.4 Å². The number of hydrogen-bond acceptors (Lipinski definition) is 6. The molecule has 0 unspecified atom stereocenters. The van der Waals surface area contributed by atoms with Crippen LogP contribution in [0.2, 0.25) is 5.02 Å². The number of fused-ring (bicyclic) bond motifs is 2. The third-order valence-corrected chi connectivity index (χ3v) is 7.19. The minimum Gasteiger partial charge on any atom is -0.380 e. The molecule has 2 saturated heterocycles. The van der Waals surface area contributed by atoms with Crippen LogP contribution in [0.15, 0.2) is 41.2 Å². The van der Waals surface area contributed by atoms with Crippen LogP contribution < -0.4 is 21.1 Å². The summed E-state index contributed by atoms with van der Waals surface area (Å²) in [6.45, 7) is 5.88. The second-order valence-corrected chi connectivity index (χ2v) is 9.74. The summed E-state index contributed by atoms with van der Waals surface area (Å²) in [7, 11) is 2.15. The molecule has 4 aromatic rings. The van der Waals surface area contributed by atoms with Gasteiger partial charge in [-0.1, -0.05) is 11.6 Å². The maximum atomic E-state index is 13.3. The van der Waals surface area contributed by atoms with E-state index in [1.807, 2.05) is 12.1 Å². The van der Waals surface area contributed by atoms with Crippen LogP contribution in [0, 0.1) is 0 Å². The minimum atomic E-state index is -0.179. The van der Waals surface area contributed by atoms with Crippen molar-refractivity contribution in [3.05, 3.63) is 51.8 Å². The zero-order valence-corrected chi connectivity index (χ0v) is 19.9. The van der Waals surface area contributed by atoms with Crippen LogP contribution in [0.5, 0.6) is 0 Å². The molecule has 2 aromatic heterocycles. The van der Waals surface area contributed by atoms with Crippen molar-refractivity contribution in [1.82, 2.24) is 25.2 Å². The van der Waals surface area contributed by atoms with Gasteiger partial charge in [0.1, 0.15) is 11.4 Å². The molecule has 6 rings (SSSR count). The molecule has 4 N–H and O–H groups in total. The van der Waals surface area contributed by atoms with Gasteiger partial charge in [-0.05, 0) is 56.4 Å². The van der Waals surface area contributed by atoms with E-state index >= 15 is 0 Å². The highest BCUT2D eigenvalue weighted by atomic mass is 35.5. The summed E-state index contributed by atoms with van der Waals surface area (Å²) in [4.78, 5) is 29.3. The lowest BCUT2D eigenvalue weighted by Crippen LogP contribution is -2.44. The molecule has 0 bridgehead atoms. The highest BCUT2D eigenvalue weighted by Gasteiger charge is 2.23. The van der Waals surface area contributed by atoms with Gasteiger partial charge in [0.25, 0.3) is 5.56 Å². The molecular weight excluding hydrogens is 450 g/mol. The van der Waals surface area contributed by atoms with Crippen molar-refractivity contribution in [2.75, 3.05) is 56.5 Å². The highest BCUT2D eigenvalue weighted by molar-refractivity contribution is 6.31. The van der Waals surface area contributed by atoms with Gasteiger partial charge >= 0.3 is 0 Å². The quantitative estimate of drug-likeness (QED) is 0.360. The molecule has 34 heavy (non-hydrogen) atoms. The second kappa shape index (κ2) is 8.61. The third-order valence-electron chi connectivity index (χ3n) is 6.96. The van der Waals surface area contributed by atoms with E-state index < -0.39 is 0 Å². The minimum absolute atomic E-state index is 0.179. The number of benzene rings is 2. The zero-order valence-electron chi connectivity index (χ0n) is 19.1. The van der Waals surface area contributed by atoms with Gasteiger partial charge < -0.3 is 30.4 Å². The number of pyridine rings is 1. The molecule has 0 spiro atoms. The Bertz CT molecular complexity index is 1410. The molecule has 2 aliphatic heterocycles. The van der Waals surface area contributed by atoms with Crippen LogP contribution in [-0.4, -0.2) is 72.2 Å². The highest BCUT2D eigenvalue weighted by Crippen LogP contribution is 2.34. The van der Waals surface area contributed by atoms with Gasteiger partial charge in [0.15, 0.2) is 0 Å². The molecule has 4 heterocycles. The molecule has 0 amide bonds. The first-order valence-electron chi connectivity index (χ1n) is 11.8. The average molecular weight is 478 g/mol. The summed E-state index contributed by atoms with van der Waals surface area (Å²) in [5.74, 6) is 0.558. The molecule has 0 saturated carbocycles. The van der Waals surface area contributed by atoms with E-state index in [0.717, 1.165) is 79.0 Å². The number of nitrogens with one attached hydrogen (secondary N) is 4. The van der Waals surface area contributed by atoms with E-state index in [0.29, 0.717) is 16.4 Å². The average Bonchev–Trinajstić information content (AvgIpc) is 3.49. The Morgan fingerprint density at radius 2 is 1.88 bits per heavy atom. The van der Waals surface area contributed by atoms with E-state index in [9.17, 15) is 4.79 Å². The Morgan fingerprint density at radius 3 is 2.68 bits per heavy atom. The monoisotopic (exact) mass is 477 g/mol. The van der Waals surface area contributed by atoms with Gasteiger partial charge in [0.2, 0.25) is 0 Å². The van der Waals surface area contributed by atoms with Gasteiger partial charge in [-0.25, -0.2) is 4.98 Å². The number of imidazole rings is 1. The van der Waals surface area contributed by atoms with Gasteiger partial charge in [-0.2, -0.15) is 0 Å². The largest absolute Gasteiger partial charge is 0.380 e. The fourth-order valence-corrected chi connectivity index (χ4v) is 5.17. The number of H-pyrrole nitrogens is 2. The third kappa shape index (κ3) is 3.91. The van der Waals surface area contributed by atoms with Gasteiger partial charge in [-0.3, -0.25) is 4.79 Å². The maximum absolute atomic E-state index is 13.3. The summed E-state index contributed by atoms with van der Waals surface area (Å²) < 4.78 is 0. The summed E-state index contributed by atoms with van der Waals surface area (Å²) in [5.41, 5.74) is 4.78. The smallest absolute Gasteiger partial charge is 0.261 e. The Kier molecular flexibility index (Phi) is 5.44. The lowest BCUT2D eigenvalue weighted by atomic mass is 10.1. The molecule has 9 heteroatoms. The molecule has 1 atom stereocenters. The molecule has 0 radical (unpaired) electrons. The van der Waals surface area contributed by atoms with Crippen LogP contribution in [0.25, 0.3) is 33.3 Å². The number of aromatic nitrogens is 3. The summed E-state index contributed by atoms with van der Waals surface area (Å²) in [6, 6.07) is 12.1. The molecule has 2 fully saturated rings. The predicted octanol–water partition coefficient (Wildman–Crippen LogP) is 3.25. The first-order valence-corrected chi connectivity index (χ1v) is 12.2. The molecule has 2 aliphatic rings. The maximum Gasteiger partial charge on any atom is 0.261 e. The standard InChI is InChI=1S/C25H28ClN7O/c1-32-8-10-33(11-9-32)17-3-5-20-21(13-17)30-24(29-20)22-23(28-16-6-7-27-14-16)18-12-15(26)2-4-19(18)31-25(22)34/h2-5,12-13,16,27H,6-11,14H2,1H3,(H,29,30)(H2,28,31,34)/t16-/m0/s1. The van der Waals surface area contributed by atoms with Gasteiger partial charge in [-0.15, -0.1) is 0 Å². The zero-order chi connectivity index (χ0) is 23.2. The van der Waals surface area contributed by atoms with Crippen molar-refractivity contribution in [2.24, 2.45) is 0 Å². The number of hydrogen-bond donors (Lipinski definition) is 4. The molecule has 0 aliphatic carbocycles. The van der Waals surface area contributed by atoms with Crippen LogP contribution in [0.1, 0.15) is 6.42 Å². The summed E-state index contributed by atoms with van der Waals surface area (Å²) in [5, 5.41) is 8.50. The van der Waals surface area contributed by atoms with Gasteiger partial charge in [0.05, 0.1) is 22.2 Å². The number of halogens is 1. The number of nitrogens with zero attached hydrogens (tertiary/aromatic N) is 3. The number of aromatic amines is 2. The van der Waals surface area contributed by atoms with E-state index in [1.54, 1.807) is 6.07 Å². The second-order valence-electron chi connectivity index (χ2n) is 9.31. The number of rotatable bonds is 4. The Hall–Kier alpha value is -3.07. The van der Waals surface area contributed by atoms with Crippen molar-refractivity contribution in [1.29, 1.82) is 0 Å². The number of anilines is 2. The lowest BCUT2D eigenvalue weighted by molar-refractivity contribution is 0.313. The molecule has 2 aromatic carbocycles. The molecule has 8 nitrogen and oxygen atoms in total. The lowest BCUT2D eigenvalue weighted by Gasteiger charge is -2.34. The molecule has 176 valence electrons. The van der Waals surface area contributed by atoms with E-state index in [1.165, 1.54) is 0 Å². The van der Waals surface area contributed by atoms with Crippen molar-refractivity contribution in [2.45, 2.75) is 12.5 Å². The first-order chi connectivity index (χ1) is 16.5. The van der Waals surface area contributed by atoms with Crippen molar-refractivity contribution < 1.29 is 0 Å². The van der Waals surface area contributed by atoms with Crippen molar-refractivity contribution in [3.63, 3.8) is 0 Å². The Labute approximate surface area is 202 Å². The normalized spacial score (nSPS) is 19.4. The molecular formula is C25H28ClN7O. The fraction of sp³-hybridized carbons (Fsp3) is 0.360. The van der Waals surface area contributed by atoms with Crippen LogP contribution in [-0.2, 0) is 0 Å². The summed E-state index contributed by atoms with van der Waals surface area (Å²) >= 11 is 6.35. The Balaban J connectivity index is 1.46. The summed E-state index contributed by atoms with van der Waals surface area (Å²) in [6.07, 6.45) is 0.989. The van der Waals surface area contributed by atoms with E-state index in [2.05, 4.69) is 55.6 Å². The number of likely N-dealkylation sites (N-methyl/N-ethyl adjacent to an activating group) is 1. The SMILES string of the molecule is CN1CCN(c2ccc3[nH]c(-c4c(N[C@H]5CCNC5)c5cc(Cl)ccc5[nH]c4=O)nc3c2)CC1. The van der Waals surface area contributed by atoms with Crippen LogP contribution >= 0.6 is 11.6 Å². The Morgan fingerprint density at radius 1 is 1.06 bits per heavy atom. The first kappa shape index (κ1) is 21.5. The topological polar surface area (TPSA) is 92.1 Å².